The van der Waals surface area contributed by atoms with E-state index in [4.69, 9.17) is 4.74 Å². The third-order valence-electron chi connectivity index (χ3n) is 4.26. The standard InChI is InChI=1S/C17H23N5O3/c1-4-14-10-15(23)21(11-16(24)20-5-7-25-8-6-20)17(18-14)22-13(3)9-12(2)19-22/h9-10H,4-8,11H2,1-3H3. The SMILES string of the molecule is CCc1cc(=O)n(CC(=O)N2CCOCC2)c(-n2nc(C)cc2C)n1. The van der Waals surface area contributed by atoms with Gasteiger partial charge in [-0.2, -0.15) is 5.10 Å². The van der Waals surface area contributed by atoms with Gasteiger partial charge in [-0.1, -0.05) is 6.92 Å². The zero-order chi connectivity index (χ0) is 18.0. The summed E-state index contributed by atoms with van der Waals surface area (Å²) in [6.07, 6.45) is 0.639. The predicted molar refractivity (Wildman–Crippen MR) is 91.9 cm³/mol. The lowest BCUT2D eigenvalue weighted by Crippen LogP contribution is -2.44. The maximum absolute atomic E-state index is 12.6. The molecule has 25 heavy (non-hydrogen) atoms. The van der Waals surface area contributed by atoms with Crippen molar-refractivity contribution in [3.05, 3.63) is 39.6 Å². The van der Waals surface area contributed by atoms with Crippen LogP contribution in [0.5, 0.6) is 0 Å². The second-order valence-corrected chi connectivity index (χ2v) is 6.16. The van der Waals surface area contributed by atoms with Gasteiger partial charge in [-0.3, -0.25) is 14.2 Å². The number of hydrogen-bond acceptors (Lipinski definition) is 5. The summed E-state index contributed by atoms with van der Waals surface area (Å²) in [5.74, 6) is 0.274. The molecule has 0 atom stereocenters. The Balaban J connectivity index is 2.01. The highest BCUT2D eigenvalue weighted by Gasteiger charge is 2.21. The molecule has 0 bridgehead atoms. The van der Waals surface area contributed by atoms with Gasteiger partial charge in [0, 0.05) is 30.5 Å². The monoisotopic (exact) mass is 345 g/mol. The Morgan fingerprint density at radius 2 is 1.96 bits per heavy atom. The molecule has 1 saturated heterocycles. The normalized spacial score (nSPS) is 14.8. The maximum Gasteiger partial charge on any atom is 0.255 e. The smallest absolute Gasteiger partial charge is 0.255 e. The number of ether oxygens (including phenoxy) is 1. The zero-order valence-corrected chi connectivity index (χ0v) is 14.9. The minimum absolute atomic E-state index is 0.0521. The molecule has 8 heteroatoms. The average molecular weight is 345 g/mol. The van der Waals surface area contributed by atoms with E-state index < -0.39 is 0 Å². The van der Waals surface area contributed by atoms with Crippen LogP contribution >= 0.6 is 0 Å². The van der Waals surface area contributed by atoms with Crippen LogP contribution in [-0.2, 0) is 22.5 Å². The van der Waals surface area contributed by atoms with Crippen LogP contribution in [0, 0.1) is 13.8 Å². The third kappa shape index (κ3) is 3.63. The van der Waals surface area contributed by atoms with Crippen LogP contribution in [0.1, 0.15) is 24.0 Å². The summed E-state index contributed by atoms with van der Waals surface area (Å²) in [6, 6.07) is 3.40. The van der Waals surface area contributed by atoms with Gasteiger partial charge in [-0.25, -0.2) is 9.67 Å². The van der Waals surface area contributed by atoms with E-state index in [1.54, 1.807) is 9.58 Å². The highest BCUT2D eigenvalue weighted by Crippen LogP contribution is 2.10. The summed E-state index contributed by atoms with van der Waals surface area (Å²) in [7, 11) is 0. The first kappa shape index (κ1) is 17.3. The summed E-state index contributed by atoms with van der Waals surface area (Å²) in [4.78, 5) is 31.5. The van der Waals surface area contributed by atoms with Gasteiger partial charge in [0.25, 0.3) is 5.56 Å². The number of aryl methyl sites for hydroxylation is 3. The second kappa shape index (κ2) is 7.18. The molecule has 0 unspecified atom stereocenters. The van der Waals surface area contributed by atoms with Gasteiger partial charge < -0.3 is 9.64 Å². The lowest BCUT2D eigenvalue weighted by molar-refractivity contribution is -0.135. The van der Waals surface area contributed by atoms with Crippen molar-refractivity contribution in [2.45, 2.75) is 33.7 Å². The minimum atomic E-state index is -0.240. The van der Waals surface area contributed by atoms with E-state index >= 15 is 0 Å². The first-order chi connectivity index (χ1) is 12.0. The third-order valence-corrected chi connectivity index (χ3v) is 4.26. The largest absolute Gasteiger partial charge is 0.378 e. The van der Waals surface area contributed by atoms with Crippen molar-refractivity contribution in [2.24, 2.45) is 0 Å². The molecule has 3 rings (SSSR count). The van der Waals surface area contributed by atoms with Gasteiger partial charge in [-0.15, -0.1) is 0 Å². The van der Waals surface area contributed by atoms with Crippen molar-refractivity contribution in [1.82, 2.24) is 24.2 Å². The Morgan fingerprint density at radius 1 is 1.24 bits per heavy atom. The molecule has 8 nitrogen and oxygen atoms in total. The van der Waals surface area contributed by atoms with Gasteiger partial charge in [0.1, 0.15) is 6.54 Å². The topological polar surface area (TPSA) is 82.3 Å². The molecule has 134 valence electrons. The summed E-state index contributed by atoms with van der Waals surface area (Å²) in [6.45, 7) is 7.81. The number of rotatable bonds is 4. The minimum Gasteiger partial charge on any atom is -0.378 e. The van der Waals surface area contributed by atoms with Crippen LogP contribution in [0.3, 0.4) is 0 Å². The van der Waals surface area contributed by atoms with E-state index in [9.17, 15) is 9.59 Å². The van der Waals surface area contributed by atoms with Crippen molar-refractivity contribution in [2.75, 3.05) is 26.3 Å². The van der Waals surface area contributed by atoms with Gasteiger partial charge in [0.15, 0.2) is 0 Å². The van der Waals surface area contributed by atoms with Crippen LogP contribution < -0.4 is 5.56 Å². The predicted octanol–water partition coefficient (Wildman–Crippen LogP) is 0.467. The Hall–Kier alpha value is -2.48. The fourth-order valence-electron chi connectivity index (χ4n) is 2.91. The van der Waals surface area contributed by atoms with Crippen LogP contribution in [0.25, 0.3) is 5.95 Å². The molecule has 1 aliphatic rings. The van der Waals surface area contributed by atoms with E-state index in [0.717, 1.165) is 11.4 Å². The molecule has 2 aromatic rings. The summed E-state index contributed by atoms with van der Waals surface area (Å²) in [5.41, 5.74) is 2.14. The molecule has 1 aliphatic heterocycles. The molecule has 1 amide bonds. The van der Waals surface area contributed by atoms with Gasteiger partial charge in [0.05, 0.1) is 18.9 Å². The fourth-order valence-corrected chi connectivity index (χ4v) is 2.91. The molecule has 0 aliphatic carbocycles. The lowest BCUT2D eigenvalue weighted by atomic mass is 10.3. The number of carbonyl (C=O) groups is 1. The molecular formula is C17H23N5O3. The molecule has 0 saturated carbocycles. The van der Waals surface area contributed by atoms with Crippen molar-refractivity contribution in [1.29, 1.82) is 0 Å². The maximum atomic E-state index is 12.6. The van der Waals surface area contributed by atoms with Gasteiger partial charge in [-0.05, 0) is 26.3 Å². The molecule has 0 aromatic carbocycles. The van der Waals surface area contributed by atoms with Crippen LogP contribution in [0.4, 0.5) is 0 Å². The summed E-state index contributed by atoms with van der Waals surface area (Å²) < 4.78 is 8.30. The molecule has 3 heterocycles. The zero-order valence-electron chi connectivity index (χ0n) is 14.9. The number of morpholine rings is 1. The molecule has 2 aromatic heterocycles. The quantitative estimate of drug-likeness (QED) is 0.804. The van der Waals surface area contributed by atoms with Crippen molar-refractivity contribution in [3.8, 4) is 5.95 Å². The Bertz CT molecular complexity index is 833. The number of aromatic nitrogens is 4. The van der Waals surface area contributed by atoms with Crippen LogP contribution in [0.2, 0.25) is 0 Å². The van der Waals surface area contributed by atoms with E-state index in [1.807, 2.05) is 26.8 Å². The van der Waals surface area contributed by atoms with E-state index in [0.29, 0.717) is 44.4 Å². The fraction of sp³-hybridized carbons (Fsp3) is 0.529. The summed E-state index contributed by atoms with van der Waals surface area (Å²) >= 11 is 0. The van der Waals surface area contributed by atoms with E-state index in [-0.39, 0.29) is 18.0 Å². The van der Waals surface area contributed by atoms with Crippen molar-refractivity contribution < 1.29 is 9.53 Å². The van der Waals surface area contributed by atoms with E-state index in [2.05, 4.69) is 10.1 Å². The molecule has 0 spiro atoms. The number of carbonyl (C=O) groups excluding carboxylic acids is 1. The first-order valence-electron chi connectivity index (χ1n) is 8.49. The highest BCUT2D eigenvalue weighted by atomic mass is 16.5. The van der Waals surface area contributed by atoms with E-state index in [1.165, 1.54) is 10.6 Å². The first-order valence-corrected chi connectivity index (χ1v) is 8.49. The number of nitrogens with zero attached hydrogens (tertiary/aromatic N) is 5. The Labute approximate surface area is 146 Å². The number of hydrogen-bond donors (Lipinski definition) is 0. The Kier molecular flexibility index (Phi) is 4.98. The molecule has 0 radical (unpaired) electrons. The molecule has 1 fully saturated rings. The van der Waals surface area contributed by atoms with Crippen LogP contribution in [0.15, 0.2) is 16.9 Å². The van der Waals surface area contributed by atoms with Crippen molar-refractivity contribution >= 4 is 5.91 Å². The van der Waals surface area contributed by atoms with Crippen molar-refractivity contribution in [3.63, 3.8) is 0 Å². The highest BCUT2D eigenvalue weighted by molar-refractivity contribution is 5.76. The van der Waals surface area contributed by atoms with Gasteiger partial charge >= 0.3 is 0 Å². The Morgan fingerprint density at radius 3 is 2.56 bits per heavy atom. The molecular weight excluding hydrogens is 322 g/mol. The van der Waals surface area contributed by atoms with Gasteiger partial charge in [0.2, 0.25) is 11.9 Å². The average Bonchev–Trinajstić information content (AvgIpc) is 2.95. The van der Waals surface area contributed by atoms with Crippen LogP contribution in [-0.4, -0.2) is 56.4 Å². The summed E-state index contributed by atoms with van der Waals surface area (Å²) in [5, 5.41) is 4.43. The molecule has 0 N–H and O–H groups in total. The lowest BCUT2D eigenvalue weighted by Gasteiger charge is -2.27. The number of amides is 1. The second-order valence-electron chi connectivity index (χ2n) is 6.16.